The standard InChI is InChI=1S/C25H20N2O3/c28-24(16-9-12-19(13-10-16)30-18-5-2-1-3-6-18)26-17-11-14-21-20-7-4-8-22(20)25(29)27-23(21)15-17/h1-3,5-6,9-15H,4,7-8H2,(H,26,28)(H,27,29). The van der Waals surface area contributed by atoms with Crippen molar-refractivity contribution in [1.82, 2.24) is 4.98 Å². The maximum atomic E-state index is 12.7. The number of nitrogens with one attached hydrogen (secondary N) is 2. The molecule has 4 aromatic rings. The Morgan fingerprint density at radius 3 is 2.40 bits per heavy atom. The van der Waals surface area contributed by atoms with Crippen LogP contribution in [0.4, 0.5) is 5.69 Å². The van der Waals surface area contributed by atoms with Crippen molar-refractivity contribution in [3.63, 3.8) is 0 Å². The van der Waals surface area contributed by atoms with Gasteiger partial charge >= 0.3 is 0 Å². The third kappa shape index (κ3) is 3.46. The highest BCUT2D eigenvalue weighted by molar-refractivity contribution is 6.05. The van der Waals surface area contributed by atoms with Crippen molar-refractivity contribution >= 4 is 22.5 Å². The zero-order chi connectivity index (χ0) is 20.5. The first-order chi connectivity index (χ1) is 14.7. The van der Waals surface area contributed by atoms with E-state index in [1.165, 1.54) is 0 Å². The van der Waals surface area contributed by atoms with Crippen LogP contribution in [-0.2, 0) is 12.8 Å². The molecule has 3 aromatic carbocycles. The average Bonchev–Trinajstić information content (AvgIpc) is 3.26. The Morgan fingerprint density at radius 1 is 0.867 bits per heavy atom. The van der Waals surface area contributed by atoms with E-state index in [0.717, 1.165) is 47.0 Å². The second-order valence-electron chi connectivity index (χ2n) is 7.42. The number of rotatable bonds is 4. The summed E-state index contributed by atoms with van der Waals surface area (Å²) in [6, 6.07) is 22.1. The van der Waals surface area contributed by atoms with Crippen LogP contribution in [-0.4, -0.2) is 10.9 Å². The summed E-state index contributed by atoms with van der Waals surface area (Å²) < 4.78 is 5.76. The van der Waals surface area contributed by atoms with Gasteiger partial charge in [-0.25, -0.2) is 0 Å². The van der Waals surface area contributed by atoms with Crippen molar-refractivity contribution in [3.8, 4) is 11.5 Å². The third-order valence-corrected chi connectivity index (χ3v) is 5.44. The zero-order valence-corrected chi connectivity index (χ0v) is 16.3. The summed E-state index contributed by atoms with van der Waals surface area (Å²) in [6.45, 7) is 0. The molecule has 148 valence electrons. The highest BCUT2D eigenvalue weighted by atomic mass is 16.5. The monoisotopic (exact) mass is 396 g/mol. The number of hydrogen-bond donors (Lipinski definition) is 2. The Kier molecular flexibility index (Phi) is 4.56. The third-order valence-electron chi connectivity index (χ3n) is 5.44. The molecule has 0 saturated carbocycles. The first kappa shape index (κ1) is 18.2. The number of aromatic amines is 1. The van der Waals surface area contributed by atoms with Crippen LogP contribution >= 0.6 is 0 Å². The van der Waals surface area contributed by atoms with Gasteiger partial charge in [0, 0.05) is 22.2 Å². The van der Waals surface area contributed by atoms with Crippen LogP contribution in [0.3, 0.4) is 0 Å². The average molecular weight is 396 g/mol. The van der Waals surface area contributed by atoms with E-state index < -0.39 is 0 Å². The van der Waals surface area contributed by atoms with Gasteiger partial charge in [0.25, 0.3) is 11.5 Å². The smallest absolute Gasteiger partial charge is 0.255 e. The van der Waals surface area contributed by atoms with Crippen LogP contribution in [0.25, 0.3) is 10.9 Å². The summed E-state index contributed by atoms with van der Waals surface area (Å²) in [6.07, 6.45) is 2.78. The number of amides is 1. The van der Waals surface area contributed by atoms with E-state index in [-0.39, 0.29) is 11.5 Å². The van der Waals surface area contributed by atoms with Crippen molar-refractivity contribution < 1.29 is 9.53 Å². The van der Waals surface area contributed by atoms with Crippen LogP contribution in [0.15, 0.2) is 77.6 Å². The van der Waals surface area contributed by atoms with Crippen LogP contribution < -0.4 is 15.6 Å². The van der Waals surface area contributed by atoms with Gasteiger partial charge in [0.15, 0.2) is 0 Å². The van der Waals surface area contributed by atoms with E-state index >= 15 is 0 Å². The van der Waals surface area contributed by atoms with Crippen molar-refractivity contribution in [1.29, 1.82) is 0 Å². The minimum absolute atomic E-state index is 0.0209. The molecule has 0 aliphatic heterocycles. The quantitative estimate of drug-likeness (QED) is 0.506. The van der Waals surface area contributed by atoms with E-state index in [2.05, 4.69) is 10.3 Å². The van der Waals surface area contributed by atoms with Gasteiger partial charge in [0.05, 0.1) is 5.52 Å². The molecular weight excluding hydrogens is 376 g/mol. The van der Waals surface area contributed by atoms with Crippen LogP contribution in [0, 0.1) is 0 Å². The molecule has 0 saturated heterocycles. The Balaban J connectivity index is 1.34. The zero-order valence-electron chi connectivity index (χ0n) is 16.3. The Hall–Kier alpha value is -3.86. The molecule has 1 aliphatic carbocycles. The van der Waals surface area contributed by atoms with Crippen LogP contribution in [0.5, 0.6) is 11.5 Å². The number of carbonyl (C=O) groups is 1. The van der Waals surface area contributed by atoms with Gasteiger partial charge in [-0.15, -0.1) is 0 Å². The molecule has 2 N–H and O–H groups in total. The van der Waals surface area contributed by atoms with E-state index in [1.54, 1.807) is 24.3 Å². The number of pyridine rings is 1. The molecular formula is C25H20N2O3. The lowest BCUT2D eigenvalue weighted by Gasteiger charge is -2.10. The van der Waals surface area contributed by atoms with Crippen LogP contribution in [0.1, 0.15) is 27.9 Å². The molecule has 1 amide bonds. The second-order valence-corrected chi connectivity index (χ2v) is 7.42. The van der Waals surface area contributed by atoms with E-state index in [0.29, 0.717) is 17.0 Å². The summed E-state index contributed by atoms with van der Waals surface area (Å²) in [5.41, 5.74) is 3.94. The molecule has 0 unspecified atom stereocenters. The highest BCUT2D eigenvalue weighted by Crippen LogP contribution is 2.28. The number of carbonyl (C=O) groups excluding carboxylic acids is 1. The topological polar surface area (TPSA) is 71.2 Å². The van der Waals surface area contributed by atoms with Gasteiger partial charge < -0.3 is 15.0 Å². The Bertz CT molecular complexity index is 1290. The van der Waals surface area contributed by atoms with Crippen molar-refractivity contribution in [2.75, 3.05) is 5.32 Å². The summed E-state index contributed by atoms with van der Waals surface area (Å²) in [4.78, 5) is 27.9. The minimum atomic E-state index is -0.218. The largest absolute Gasteiger partial charge is 0.457 e. The van der Waals surface area contributed by atoms with Crippen LogP contribution in [0.2, 0.25) is 0 Å². The number of aryl methyl sites for hydroxylation is 1. The number of ether oxygens (including phenoxy) is 1. The van der Waals surface area contributed by atoms with Gasteiger partial charge in [-0.3, -0.25) is 9.59 Å². The second kappa shape index (κ2) is 7.52. The maximum absolute atomic E-state index is 12.7. The number of para-hydroxylation sites is 1. The summed E-state index contributed by atoms with van der Waals surface area (Å²) in [5.74, 6) is 1.19. The van der Waals surface area contributed by atoms with E-state index in [9.17, 15) is 9.59 Å². The molecule has 5 rings (SSSR count). The molecule has 0 atom stereocenters. The first-order valence-electron chi connectivity index (χ1n) is 9.99. The Morgan fingerprint density at radius 2 is 1.60 bits per heavy atom. The molecule has 1 heterocycles. The lowest BCUT2D eigenvalue weighted by atomic mass is 10.1. The molecule has 0 radical (unpaired) electrons. The molecule has 1 aliphatic rings. The lowest BCUT2D eigenvalue weighted by Crippen LogP contribution is -2.14. The maximum Gasteiger partial charge on any atom is 0.255 e. The van der Waals surface area contributed by atoms with E-state index in [4.69, 9.17) is 4.74 Å². The predicted molar refractivity (Wildman–Crippen MR) is 118 cm³/mol. The van der Waals surface area contributed by atoms with Crippen molar-refractivity contribution in [2.24, 2.45) is 0 Å². The Labute approximate surface area is 173 Å². The van der Waals surface area contributed by atoms with Gasteiger partial charge in [0.2, 0.25) is 0 Å². The fourth-order valence-electron chi connectivity index (χ4n) is 3.98. The molecule has 1 aromatic heterocycles. The highest BCUT2D eigenvalue weighted by Gasteiger charge is 2.18. The summed E-state index contributed by atoms with van der Waals surface area (Å²) in [7, 11) is 0. The molecule has 30 heavy (non-hydrogen) atoms. The first-order valence-corrected chi connectivity index (χ1v) is 9.99. The number of benzene rings is 3. The number of fused-ring (bicyclic) bond motifs is 3. The molecule has 5 heteroatoms. The summed E-state index contributed by atoms with van der Waals surface area (Å²) in [5, 5.41) is 3.96. The number of H-pyrrole nitrogens is 1. The van der Waals surface area contributed by atoms with E-state index in [1.807, 2.05) is 48.5 Å². The number of hydrogen-bond acceptors (Lipinski definition) is 3. The molecule has 0 fully saturated rings. The fraction of sp³-hybridized carbons (Fsp3) is 0.120. The molecule has 0 bridgehead atoms. The minimum Gasteiger partial charge on any atom is -0.457 e. The SMILES string of the molecule is O=C(Nc1ccc2c3c(c(=O)[nH]c2c1)CCC3)c1ccc(Oc2ccccc2)cc1. The molecule has 0 spiro atoms. The fourth-order valence-corrected chi connectivity index (χ4v) is 3.98. The van der Waals surface area contributed by atoms with Gasteiger partial charge in [-0.05, 0) is 73.4 Å². The van der Waals surface area contributed by atoms with Crippen molar-refractivity contribution in [3.05, 3.63) is 99.8 Å². The number of anilines is 1. The van der Waals surface area contributed by atoms with Gasteiger partial charge in [-0.2, -0.15) is 0 Å². The van der Waals surface area contributed by atoms with Crippen molar-refractivity contribution in [2.45, 2.75) is 19.3 Å². The number of aromatic nitrogens is 1. The molecule has 5 nitrogen and oxygen atoms in total. The normalized spacial score (nSPS) is 12.5. The lowest BCUT2D eigenvalue weighted by molar-refractivity contribution is 0.102. The predicted octanol–water partition coefficient (Wildman–Crippen LogP) is 5.06. The summed E-state index contributed by atoms with van der Waals surface area (Å²) >= 11 is 0. The van der Waals surface area contributed by atoms with Gasteiger partial charge in [-0.1, -0.05) is 24.3 Å². The van der Waals surface area contributed by atoms with Gasteiger partial charge in [0.1, 0.15) is 11.5 Å².